The highest BCUT2D eigenvalue weighted by Crippen LogP contribution is 2.39. The van der Waals surface area contributed by atoms with Gasteiger partial charge >= 0.3 is 0 Å². The second kappa shape index (κ2) is 8.60. The normalized spacial score (nSPS) is 18.9. The van der Waals surface area contributed by atoms with Crippen LogP contribution < -0.4 is 11.1 Å². The van der Waals surface area contributed by atoms with Crippen molar-refractivity contribution in [2.75, 3.05) is 24.1 Å². The number of rotatable bonds is 4. The minimum atomic E-state index is -3.54. The number of aromatic nitrogens is 3. The summed E-state index contributed by atoms with van der Waals surface area (Å²) in [5.41, 5.74) is 12.2. The number of piperidine rings is 1. The summed E-state index contributed by atoms with van der Waals surface area (Å²) in [4.78, 5) is 9.87. The summed E-state index contributed by atoms with van der Waals surface area (Å²) in [6.45, 7) is 4.69. The van der Waals surface area contributed by atoms with E-state index in [1.54, 1.807) is 16.6 Å². The van der Waals surface area contributed by atoms with Crippen LogP contribution in [0.15, 0.2) is 59.8 Å². The van der Waals surface area contributed by atoms with Crippen molar-refractivity contribution in [1.82, 2.24) is 18.7 Å². The molecule has 4 heterocycles. The molecular weight excluding hydrogens is 472 g/mol. The molecule has 2 aliphatic rings. The molecule has 0 saturated carbocycles. The number of anilines is 2. The molecule has 2 aromatic heterocycles. The van der Waals surface area contributed by atoms with Crippen molar-refractivity contribution in [3.8, 4) is 0 Å². The lowest BCUT2D eigenvalue weighted by Gasteiger charge is -2.31. The summed E-state index contributed by atoms with van der Waals surface area (Å²) in [5.74, 6) is 1.51. The van der Waals surface area contributed by atoms with Gasteiger partial charge in [0, 0.05) is 43.5 Å². The first kappa shape index (κ1) is 23.0. The molecule has 1 fully saturated rings. The molecule has 4 aromatic rings. The fourth-order valence-corrected chi connectivity index (χ4v) is 7.37. The second-order valence-electron chi connectivity index (χ2n) is 9.89. The van der Waals surface area contributed by atoms with Gasteiger partial charge in [-0.1, -0.05) is 30.3 Å². The van der Waals surface area contributed by atoms with Crippen molar-refractivity contribution in [2.24, 2.45) is 0 Å². The Balaban J connectivity index is 1.29. The molecule has 6 rings (SSSR count). The Morgan fingerprint density at radius 1 is 1.08 bits per heavy atom. The van der Waals surface area contributed by atoms with Gasteiger partial charge in [0.1, 0.15) is 17.2 Å². The zero-order chi connectivity index (χ0) is 25.0. The fraction of sp³-hybridized carbons (Fsp3) is 0.333. The standard InChI is InChI=1S/C27H30N6O2S/c1-17-7-8-18(2)23(15-17)36(34,35)32-12-9-19(10-13-32)27-31-24(25-26(28)29-11-14-33(25)27)22-16-20-5-3-4-6-21(20)30-22/h3-8,11,14-15,19,22,30H,9-10,12-13,16H2,1-2H3,(H2,28,29). The molecule has 0 spiro atoms. The van der Waals surface area contributed by atoms with E-state index in [-0.39, 0.29) is 12.0 Å². The number of aryl methyl sites for hydroxylation is 2. The van der Waals surface area contributed by atoms with Crippen molar-refractivity contribution in [3.63, 3.8) is 0 Å². The number of nitrogens with one attached hydrogen (secondary N) is 1. The number of fused-ring (bicyclic) bond motifs is 2. The minimum Gasteiger partial charge on any atom is -0.382 e. The summed E-state index contributed by atoms with van der Waals surface area (Å²) in [5, 5.41) is 3.59. The molecule has 1 atom stereocenters. The van der Waals surface area contributed by atoms with Gasteiger partial charge in [0.25, 0.3) is 0 Å². The molecule has 8 nitrogen and oxygen atoms in total. The fourth-order valence-electron chi connectivity index (χ4n) is 5.59. The molecule has 9 heteroatoms. The summed E-state index contributed by atoms with van der Waals surface area (Å²) in [7, 11) is -3.54. The third kappa shape index (κ3) is 3.74. The number of nitrogen functional groups attached to an aromatic ring is 1. The molecular formula is C27H30N6O2S. The number of hydrogen-bond donors (Lipinski definition) is 2. The van der Waals surface area contributed by atoms with Gasteiger partial charge in [0.05, 0.1) is 16.6 Å². The molecule has 186 valence electrons. The van der Waals surface area contributed by atoms with Crippen LogP contribution in [0.25, 0.3) is 5.52 Å². The highest BCUT2D eigenvalue weighted by molar-refractivity contribution is 7.89. The van der Waals surface area contributed by atoms with Crippen molar-refractivity contribution in [2.45, 2.75) is 50.0 Å². The number of nitrogens with two attached hydrogens (primary N) is 1. The Labute approximate surface area is 211 Å². The van der Waals surface area contributed by atoms with Crippen LogP contribution in [0.3, 0.4) is 0 Å². The van der Waals surface area contributed by atoms with Gasteiger partial charge < -0.3 is 11.1 Å². The molecule has 0 amide bonds. The largest absolute Gasteiger partial charge is 0.382 e. The van der Waals surface area contributed by atoms with Gasteiger partial charge in [0.15, 0.2) is 0 Å². The van der Waals surface area contributed by atoms with E-state index in [9.17, 15) is 8.42 Å². The molecule has 3 N–H and O–H groups in total. The average molecular weight is 503 g/mol. The SMILES string of the molecule is Cc1ccc(C)c(S(=O)(=O)N2CCC(c3nc(C4Cc5ccccc5N4)c4c(N)nccn34)CC2)c1. The van der Waals surface area contributed by atoms with E-state index in [2.05, 4.69) is 32.9 Å². The van der Waals surface area contributed by atoms with Crippen LogP contribution in [0.2, 0.25) is 0 Å². The van der Waals surface area contributed by atoms with Gasteiger partial charge in [-0.2, -0.15) is 4.31 Å². The number of imidazole rings is 1. The Kier molecular flexibility index (Phi) is 5.49. The monoisotopic (exact) mass is 502 g/mol. The van der Waals surface area contributed by atoms with E-state index in [0.717, 1.165) is 40.3 Å². The topological polar surface area (TPSA) is 106 Å². The third-order valence-corrected chi connectivity index (χ3v) is 9.56. The lowest BCUT2D eigenvalue weighted by atomic mass is 9.97. The van der Waals surface area contributed by atoms with Crippen molar-refractivity contribution < 1.29 is 8.42 Å². The summed E-state index contributed by atoms with van der Waals surface area (Å²) < 4.78 is 30.5. The van der Waals surface area contributed by atoms with Gasteiger partial charge in [-0.3, -0.25) is 4.40 Å². The predicted octanol–water partition coefficient (Wildman–Crippen LogP) is 4.21. The van der Waals surface area contributed by atoms with Crippen LogP contribution in [-0.4, -0.2) is 40.2 Å². The van der Waals surface area contributed by atoms with E-state index in [1.807, 2.05) is 38.2 Å². The molecule has 1 saturated heterocycles. The zero-order valence-electron chi connectivity index (χ0n) is 20.5. The first-order valence-electron chi connectivity index (χ1n) is 12.4. The third-order valence-electron chi connectivity index (χ3n) is 7.52. The lowest BCUT2D eigenvalue weighted by molar-refractivity contribution is 0.313. The van der Waals surface area contributed by atoms with Crippen molar-refractivity contribution in [1.29, 1.82) is 0 Å². The van der Waals surface area contributed by atoms with E-state index in [4.69, 9.17) is 10.7 Å². The zero-order valence-corrected chi connectivity index (χ0v) is 21.3. The van der Waals surface area contributed by atoms with Gasteiger partial charge in [0.2, 0.25) is 10.0 Å². The van der Waals surface area contributed by atoms with Crippen LogP contribution in [0.4, 0.5) is 11.5 Å². The Bertz CT molecular complexity index is 1550. The van der Waals surface area contributed by atoms with Crippen LogP contribution in [0.5, 0.6) is 0 Å². The molecule has 36 heavy (non-hydrogen) atoms. The Hall–Kier alpha value is -3.43. The van der Waals surface area contributed by atoms with Crippen molar-refractivity contribution in [3.05, 3.63) is 83.1 Å². The first-order valence-corrected chi connectivity index (χ1v) is 13.8. The van der Waals surface area contributed by atoms with Gasteiger partial charge in [-0.15, -0.1) is 0 Å². The molecule has 2 aromatic carbocycles. The quantitative estimate of drug-likeness (QED) is 0.433. The minimum absolute atomic E-state index is 0.0161. The van der Waals surface area contributed by atoms with E-state index in [1.165, 1.54) is 5.56 Å². The summed E-state index contributed by atoms with van der Waals surface area (Å²) in [6, 6.07) is 13.9. The number of para-hydroxylation sites is 1. The van der Waals surface area contributed by atoms with E-state index < -0.39 is 10.0 Å². The number of sulfonamides is 1. The Morgan fingerprint density at radius 3 is 2.64 bits per heavy atom. The maximum absolute atomic E-state index is 13.4. The van der Waals surface area contributed by atoms with E-state index in [0.29, 0.717) is 36.6 Å². The summed E-state index contributed by atoms with van der Waals surface area (Å²) >= 11 is 0. The maximum atomic E-state index is 13.4. The summed E-state index contributed by atoms with van der Waals surface area (Å²) in [6.07, 6.45) is 5.85. The molecule has 0 radical (unpaired) electrons. The van der Waals surface area contributed by atoms with Crippen LogP contribution in [0, 0.1) is 13.8 Å². The number of nitrogens with zero attached hydrogens (tertiary/aromatic N) is 4. The van der Waals surface area contributed by atoms with E-state index >= 15 is 0 Å². The second-order valence-corrected chi connectivity index (χ2v) is 11.8. The van der Waals surface area contributed by atoms with Gasteiger partial charge in [-0.05, 0) is 55.5 Å². The predicted molar refractivity (Wildman–Crippen MR) is 141 cm³/mol. The molecule has 1 unspecified atom stereocenters. The highest BCUT2D eigenvalue weighted by atomic mass is 32.2. The first-order chi connectivity index (χ1) is 17.3. The van der Waals surface area contributed by atoms with Crippen molar-refractivity contribution >= 4 is 27.0 Å². The molecule has 0 aliphatic carbocycles. The van der Waals surface area contributed by atoms with Crippen LogP contribution in [0.1, 0.15) is 53.0 Å². The number of hydrogen-bond acceptors (Lipinski definition) is 6. The highest BCUT2D eigenvalue weighted by Gasteiger charge is 2.34. The Morgan fingerprint density at radius 2 is 1.86 bits per heavy atom. The lowest BCUT2D eigenvalue weighted by Crippen LogP contribution is -2.38. The number of benzene rings is 2. The average Bonchev–Trinajstić information content (AvgIpc) is 3.48. The van der Waals surface area contributed by atoms with Crippen LogP contribution in [-0.2, 0) is 16.4 Å². The maximum Gasteiger partial charge on any atom is 0.243 e. The van der Waals surface area contributed by atoms with Crippen LogP contribution >= 0.6 is 0 Å². The smallest absolute Gasteiger partial charge is 0.243 e. The van der Waals surface area contributed by atoms with Gasteiger partial charge in [-0.25, -0.2) is 18.4 Å². The molecule has 0 bridgehead atoms. The molecule has 2 aliphatic heterocycles.